The zero-order valence-electron chi connectivity index (χ0n) is 15.3. The summed E-state index contributed by atoms with van der Waals surface area (Å²) in [5, 5.41) is 15.4. The number of hydrogen-bond donors (Lipinski definition) is 0. The van der Waals surface area contributed by atoms with Crippen LogP contribution in [0, 0.1) is 17.0 Å². The molecule has 0 saturated heterocycles. The van der Waals surface area contributed by atoms with Crippen LogP contribution in [-0.4, -0.2) is 32.4 Å². The van der Waals surface area contributed by atoms with Gasteiger partial charge in [0.25, 0.3) is 11.6 Å². The van der Waals surface area contributed by atoms with Gasteiger partial charge in [0.05, 0.1) is 4.92 Å². The molecule has 0 fully saturated rings. The van der Waals surface area contributed by atoms with Crippen molar-refractivity contribution < 1.29 is 14.2 Å². The molecule has 2 aromatic carbocycles. The van der Waals surface area contributed by atoms with Crippen molar-refractivity contribution in [1.82, 2.24) is 15.0 Å². The Morgan fingerprint density at radius 3 is 2.61 bits per heavy atom. The fourth-order valence-corrected chi connectivity index (χ4v) is 2.80. The van der Waals surface area contributed by atoms with E-state index in [1.807, 2.05) is 31.2 Å². The second kappa shape index (κ2) is 8.18. The van der Waals surface area contributed by atoms with E-state index in [4.69, 9.17) is 16.1 Å². The summed E-state index contributed by atoms with van der Waals surface area (Å²) in [4.78, 5) is 29.2. The van der Waals surface area contributed by atoms with Crippen LogP contribution in [0.2, 0.25) is 5.02 Å². The van der Waals surface area contributed by atoms with Crippen LogP contribution in [0.25, 0.3) is 11.4 Å². The molecule has 0 unspecified atom stereocenters. The number of amides is 1. The third-order valence-electron chi connectivity index (χ3n) is 4.16. The first-order valence-electron chi connectivity index (χ1n) is 8.52. The lowest BCUT2D eigenvalue weighted by atomic mass is 10.1. The first-order valence-corrected chi connectivity index (χ1v) is 8.89. The fraction of sp³-hybridized carbons (Fsp3) is 0.211. The number of aromatic nitrogens is 2. The summed E-state index contributed by atoms with van der Waals surface area (Å²) in [5.41, 5.74) is 1.51. The number of halogens is 1. The van der Waals surface area contributed by atoms with E-state index < -0.39 is 10.8 Å². The predicted octanol–water partition coefficient (Wildman–Crippen LogP) is 4.27. The zero-order valence-corrected chi connectivity index (χ0v) is 16.0. The van der Waals surface area contributed by atoms with Gasteiger partial charge in [0.2, 0.25) is 11.7 Å². The van der Waals surface area contributed by atoms with E-state index in [0.29, 0.717) is 12.4 Å². The Balaban J connectivity index is 1.82. The highest BCUT2D eigenvalue weighted by Crippen LogP contribution is 2.25. The third kappa shape index (κ3) is 4.17. The molecule has 0 atom stereocenters. The van der Waals surface area contributed by atoms with Gasteiger partial charge >= 0.3 is 0 Å². The second-order valence-corrected chi connectivity index (χ2v) is 6.55. The number of carbonyl (C=O) groups is 1. The number of benzene rings is 2. The first kappa shape index (κ1) is 19.5. The quantitative estimate of drug-likeness (QED) is 0.452. The Labute approximate surface area is 165 Å². The maximum absolute atomic E-state index is 12.8. The van der Waals surface area contributed by atoms with E-state index in [9.17, 15) is 14.9 Å². The maximum atomic E-state index is 12.8. The molecular formula is C19H17ClN4O4. The van der Waals surface area contributed by atoms with Crippen LogP contribution in [0.3, 0.4) is 0 Å². The summed E-state index contributed by atoms with van der Waals surface area (Å²) >= 11 is 5.82. The van der Waals surface area contributed by atoms with Crippen molar-refractivity contribution in [2.45, 2.75) is 20.4 Å². The smallest absolute Gasteiger partial charge is 0.283 e. The molecule has 0 saturated carbocycles. The van der Waals surface area contributed by atoms with Crippen LogP contribution in [0.5, 0.6) is 0 Å². The SMILES string of the molecule is CCN(Cc1nc(-c2ccc(C)cc2)no1)C(=O)c1ccc(Cl)cc1[N+](=O)[O-]. The largest absolute Gasteiger partial charge is 0.337 e. The van der Waals surface area contributed by atoms with E-state index in [-0.39, 0.29) is 28.7 Å². The van der Waals surface area contributed by atoms with Gasteiger partial charge in [-0.1, -0.05) is 46.6 Å². The van der Waals surface area contributed by atoms with Crippen molar-refractivity contribution in [1.29, 1.82) is 0 Å². The summed E-state index contributed by atoms with van der Waals surface area (Å²) in [6.45, 7) is 4.08. The van der Waals surface area contributed by atoms with Crippen molar-refractivity contribution in [3.8, 4) is 11.4 Å². The summed E-state index contributed by atoms with van der Waals surface area (Å²) < 4.78 is 5.25. The molecule has 0 aliphatic rings. The molecule has 3 aromatic rings. The lowest BCUT2D eigenvalue weighted by Crippen LogP contribution is -2.31. The van der Waals surface area contributed by atoms with Crippen LogP contribution in [0.1, 0.15) is 28.7 Å². The topological polar surface area (TPSA) is 102 Å². The molecule has 1 heterocycles. The average Bonchev–Trinajstić information content (AvgIpc) is 3.14. The third-order valence-corrected chi connectivity index (χ3v) is 4.39. The number of carbonyl (C=O) groups excluding carboxylic acids is 1. The molecule has 0 aliphatic carbocycles. The molecule has 8 nitrogen and oxygen atoms in total. The van der Waals surface area contributed by atoms with E-state index in [0.717, 1.165) is 17.2 Å². The number of aryl methyl sites for hydroxylation is 1. The number of rotatable bonds is 6. The Morgan fingerprint density at radius 2 is 1.96 bits per heavy atom. The average molecular weight is 401 g/mol. The van der Waals surface area contributed by atoms with Gasteiger partial charge in [-0.05, 0) is 26.0 Å². The number of nitro groups is 1. The van der Waals surface area contributed by atoms with Crippen molar-refractivity contribution in [3.05, 3.63) is 74.6 Å². The number of nitrogens with zero attached hydrogens (tertiary/aromatic N) is 4. The summed E-state index contributed by atoms with van der Waals surface area (Å²) in [7, 11) is 0. The molecule has 144 valence electrons. The highest BCUT2D eigenvalue weighted by atomic mass is 35.5. The van der Waals surface area contributed by atoms with Crippen molar-refractivity contribution in [2.75, 3.05) is 6.54 Å². The Hall–Kier alpha value is -3.26. The predicted molar refractivity (Wildman–Crippen MR) is 103 cm³/mol. The second-order valence-electron chi connectivity index (χ2n) is 6.12. The number of nitro benzene ring substituents is 1. The van der Waals surface area contributed by atoms with E-state index in [1.54, 1.807) is 6.92 Å². The summed E-state index contributed by atoms with van der Waals surface area (Å²) in [6, 6.07) is 11.6. The summed E-state index contributed by atoms with van der Waals surface area (Å²) in [6.07, 6.45) is 0. The van der Waals surface area contributed by atoms with Crippen LogP contribution in [-0.2, 0) is 6.54 Å². The van der Waals surface area contributed by atoms with Crippen molar-refractivity contribution >= 4 is 23.2 Å². The van der Waals surface area contributed by atoms with Gasteiger partial charge < -0.3 is 9.42 Å². The first-order chi connectivity index (χ1) is 13.4. The molecule has 0 aliphatic heterocycles. The van der Waals surface area contributed by atoms with Crippen molar-refractivity contribution in [3.63, 3.8) is 0 Å². The molecule has 1 aromatic heterocycles. The zero-order chi connectivity index (χ0) is 20.3. The van der Waals surface area contributed by atoms with Crippen LogP contribution >= 0.6 is 11.6 Å². The van der Waals surface area contributed by atoms with Gasteiger partial charge in [-0.2, -0.15) is 4.98 Å². The molecule has 0 bridgehead atoms. The Bertz CT molecular complexity index is 1020. The van der Waals surface area contributed by atoms with E-state index in [2.05, 4.69) is 10.1 Å². The molecule has 0 radical (unpaired) electrons. The number of hydrogen-bond acceptors (Lipinski definition) is 6. The van der Waals surface area contributed by atoms with Gasteiger partial charge in [-0.3, -0.25) is 14.9 Å². The molecule has 1 amide bonds. The minimum absolute atomic E-state index is 0.0357. The van der Waals surface area contributed by atoms with Crippen LogP contribution in [0.4, 0.5) is 5.69 Å². The Kier molecular flexibility index (Phi) is 5.70. The lowest BCUT2D eigenvalue weighted by molar-refractivity contribution is -0.385. The summed E-state index contributed by atoms with van der Waals surface area (Å²) in [5.74, 6) is 0.138. The van der Waals surface area contributed by atoms with Gasteiger partial charge in [-0.25, -0.2) is 0 Å². The van der Waals surface area contributed by atoms with Gasteiger partial charge in [-0.15, -0.1) is 0 Å². The van der Waals surface area contributed by atoms with Gasteiger partial charge in [0.15, 0.2) is 0 Å². The highest BCUT2D eigenvalue weighted by Gasteiger charge is 2.25. The monoisotopic (exact) mass is 400 g/mol. The normalized spacial score (nSPS) is 10.7. The van der Waals surface area contributed by atoms with E-state index >= 15 is 0 Å². The Morgan fingerprint density at radius 1 is 1.25 bits per heavy atom. The standard InChI is InChI=1S/C19H17ClN4O4/c1-3-23(19(25)15-9-8-14(20)10-16(15)24(26)27)11-17-21-18(22-28-17)13-6-4-12(2)5-7-13/h4-10H,3,11H2,1-2H3. The molecule has 3 rings (SSSR count). The minimum atomic E-state index is -0.630. The van der Waals surface area contributed by atoms with Crippen molar-refractivity contribution in [2.24, 2.45) is 0 Å². The molecule has 0 N–H and O–H groups in total. The molecular weight excluding hydrogens is 384 g/mol. The van der Waals surface area contributed by atoms with Crippen LogP contribution < -0.4 is 0 Å². The van der Waals surface area contributed by atoms with Gasteiger partial charge in [0.1, 0.15) is 12.1 Å². The minimum Gasteiger partial charge on any atom is -0.337 e. The highest BCUT2D eigenvalue weighted by molar-refractivity contribution is 6.31. The lowest BCUT2D eigenvalue weighted by Gasteiger charge is -2.18. The van der Waals surface area contributed by atoms with Gasteiger partial charge in [0, 0.05) is 23.2 Å². The van der Waals surface area contributed by atoms with Crippen LogP contribution in [0.15, 0.2) is 47.0 Å². The molecule has 0 spiro atoms. The van der Waals surface area contributed by atoms with E-state index in [1.165, 1.54) is 17.0 Å². The maximum Gasteiger partial charge on any atom is 0.283 e. The molecule has 28 heavy (non-hydrogen) atoms. The molecule has 9 heteroatoms. The fourth-order valence-electron chi connectivity index (χ4n) is 2.64.